The Morgan fingerprint density at radius 1 is 0.944 bits per heavy atom. The van der Waals surface area contributed by atoms with E-state index in [1.807, 2.05) is 18.2 Å². The van der Waals surface area contributed by atoms with Gasteiger partial charge in [-0.3, -0.25) is 0 Å². The van der Waals surface area contributed by atoms with Crippen LogP contribution in [0.5, 0.6) is 5.75 Å². The van der Waals surface area contributed by atoms with Crippen LogP contribution in [0.2, 0.25) is 0 Å². The van der Waals surface area contributed by atoms with Crippen molar-refractivity contribution in [3.63, 3.8) is 0 Å². The lowest BCUT2D eigenvalue weighted by Gasteiger charge is -2.06. The molecule has 90 valence electrons. The molecule has 2 nitrogen and oxygen atoms in total. The fourth-order valence-corrected chi connectivity index (χ4v) is 2.22. The van der Waals surface area contributed by atoms with Crippen LogP contribution in [0.1, 0.15) is 5.56 Å². The number of furan rings is 1. The molecular weight excluding hydrogens is 224 g/mol. The molecule has 18 heavy (non-hydrogen) atoms. The van der Waals surface area contributed by atoms with Crippen LogP contribution in [0.3, 0.4) is 0 Å². The van der Waals surface area contributed by atoms with Crippen molar-refractivity contribution in [1.82, 2.24) is 0 Å². The van der Waals surface area contributed by atoms with E-state index >= 15 is 0 Å². The summed E-state index contributed by atoms with van der Waals surface area (Å²) in [6, 6.07) is 14.3. The first-order chi connectivity index (χ1) is 8.79. The molecular formula is C16H14O2. The molecule has 0 saturated heterocycles. The van der Waals surface area contributed by atoms with Crippen LogP contribution < -0.4 is 4.74 Å². The van der Waals surface area contributed by atoms with Crippen molar-refractivity contribution in [2.24, 2.45) is 0 Å². The summed E-state index contributed by atoms with van der Waals surface area (Å²) < 4.78 is 10.7. The van der Waals surface area contributed by atoms with Crippen molar-refractivity contribution in [1.29, 1.82) is 0 Å². The first-order valence-electron chi connectivity index (χ1n) is 5.91. The first-order valence-corrected chi connectivity index (χ1v) is 5.91. The summed E-state index contributed by atoms with van der Waals surface area (Å²) in [5.74, 6) is 0.870. The maximum atomic E-state index is 5.53. The highest BCUT2D eigenvalue weighted by atomic mass is 16.5. The molecule has 0 saturated carbocycles. The topological polar surface area (TPSA) is 22.4 Å². The largest absolute Gasteiger partial charge is 0.497 e. The number of hydrogen-bond donors (Lipinski definition) is 0. The molecule has 0 aliphatic rings. The minimum atomic E-state index is 0.870. The summed E-state index contributed by atoms with van der Waals surface area (Å²) in [5.41, 5.74) is 4.48. The molecule has 3 aromatic rings. The van der Waals surface area contributed by atoms with Gasteiger partial charge in [-0.2, -0.15) is 0 Å². The van der Waals surface area contributed by atoms with Crippen LogP contribution in [-0.2, 0) is 0 Å². The molecule has 0 N–H and O–H groups in total. The molecule has 0 amide bonds. The van der Waals surface area contributed by atoms with E-state index in [0.29, 0.717) is 0 Å². The predicted molar refractivity (Wildman–Crippen MR) is 72.9 cm³/mol. The maximum Gasteiger partial charge on any atom is 0.137 e. The van der Waals surface area contributed by atoms with E-state index < -0.39 is 0 Å². The van der Waals surface area contributed by atoms with Crippen LogP contribution >= 0.6 is 0 Å². The van der Waals surface area contributed by atoms with Crippen LogP contribution in [0.25, 0.3) is 22.1 Å². The highest BCUT2D eigenvalue weighted by Crippen LogP contribution is 2.32. The van der Waals surface area contributed by atoms with E-state index in [4.69, 9.17) is 9.15 Å². The highest BCUT2D eigenvalue weighted by Gasteiger charge is 2.08. The minimum Gasteiger partial charge on any atom is -0.497 e. The lowest BCUT2D eigenvalue weighted by atomic mass is 10.00. The Bertz CT molecular complexity index is 678. The van der Waals surface area contributed by atoms with Gasteiger partial charge in [0.1, 0.15) is 11.3 Å². The Hall–Kier alpha value is -2.22. The van der Waals surface area contributed by atoms with Gasteiger partial charge in [0.15, 0.2) is 0 Å². The van der Waals surface area contributed by atoms with Crippen molar-refractivity contribution < 1.29 is 9.15 Å². The Morgan fingerprint density at radius 3 is 2.44 bits per heavy atom. The van der Waals surface area contributed by atoms with Crippen LogP contribution in [0, 0.1) is 6.92 Å². The number of fused-ring (bicyclic) bond motifs is 1. The third kappa shape index (κ3) is 1.66. The third-order valence-electron chi connectivity index (χ3n) is 3.21. The fraction of sp³-hybridized carbons (Fsp3) is 0.125. The average molecular weight is 238 g/mol. The molecule has 1 heterocycles. The second-order valence-corrected chi connectivity index (χ2v) is 4.32. The second-order valence-electron chi connectivity index (χ2n) is 4.32. The average Bonchev–Trinajstić information content (AvgIpc) is 2.90. The first kappa shape index (κ1) is 10.9. The lowest BCUT2D eigenvalue weighted by Crippen LogP contribution is -1.84. The Morgan fingerprint density at radius 2 is 1.72 bits per heavy atom. The molecule has 2 heteroatoms. The van der Waals surface area contributed by atoms with Crippen LogP contribution in [0.4, 0.5) is 0 Å². The van der Waals surface area contributed by atoms with Crippen molar-refractivity contribution in [3.8, 4) is 16.9 Å². The van der Waals surface area contributed by atoms with Gasteiger partial charge in [0.25, 0.3) is 0 Å². The molecule has 0 bridgehead atoms. The monoisotopic (exact) mass is 238 g/mol. The molecule has 0 aliphatic carbocycles. The number of aryl methyl sites for hydroxylation is 1. The zero-order valence-electron chi connectivity index (χ0n) is 10.4. The summed E-state index contributed by atoms with van der Waals surface area (Å²) in [5, 5.41) is 1.15. The van der Waals surface area contributed by atoms with Gasteiger partial charge in [-0.05, 0) is 41.8 Å². The van der Waals surface area contributed by atoms with Gasteiger partial charge in [-0.15, -0.1) is 0 Å². The molecule has 0 spiro atoms. The van der Waals surface area contributed by atoms with Gasteiger partial charge in [0, 0.05) is 5.39 Å². The highest BCUT2D eigenvalue weighted by molar-refractivity contribution is 5.95. The summed E-state index contributed by atoms with van der Waals surface area (Å²) in [6.45, 7) is 2.06. The zero-order chi connectivity index (χ0) is 12.5. The summed E-state index contributed by atoms with van der Waals surface area (Å²) in [6.07, 6.45) is 1.74. The summed E-state index contributed by atoms with van der Waals surface area (Å²) >= 11 is 0. The van der Waals surface area contributed by atoms with Crippen molar-refractivity contribution >= 4 is 11.0 Å². The predicted octanol–water partition coefficient (Wildman–Crippen LogP) is 4.42. The van der Waals surface area contributed by atoms with Gasteiger partial charge in [0.05, 0.1) is 13.4 Å². The molecule has 2 aromatic carbocycles. The van der Waals surface area contributed by atoms with Crippen molar-refractivity contribution in [2.45, 2.75) is 6.92 Å². The number of ether oxygens (including phenoxy) is 1. The van der Waals surface area contributed by atoms with Gasteiger partial charge < -0.3 is 9.15 Å². The molecule has 0 atom stereocenters. The minimum absolute atomic E-state index is 0.870. The standard InChI is InChI=1S/C16H14O2/c1-11-3-8-14(15-9-10-18-16(11)15)12-4-6-13(17-2)7-5-12/h3-10H,1-2H3. The van der Waals surface area contributed by atoms with Crippen molar-refractivity contribution in [2.75, 3.05) is 7.11 Å². The van der Waals surface area contributed by atoms with E-state index in [0.717, 1.165) is 22.3 Å². The smallest absolute Gasteiger partial charge is 0.137 e. The Kier molecular flexibility index (Phi) is 2.56. The lowest BCUT2D eigenvalue weighted by molar-refractivity contribution is 0.415. The fourth-order valence-electron chi connectivity index (χ4n) is 2.22. The SMILES string of the molecule is COc1ccc(-c2ccc(C)c3occc23)cc1. The molecule has 0 radical (unpaired) electrons. The van der Waals surface area contributed by atoms with Gasteiger partial charge in [0.2, 0.25) is 0 Å². The van der Waals surface area contributed by atoms with Crippen molar-refractivity contribution in [3.05, 3.63) is 54.3 Å². The van der Waals surface area contributed by atoms with E-state index in [-0.39, 0.29) is 0 Å². The third-order valence-corrected chi connectivity index (χ3v) is 3.21. The summed E-state index contributed by atoms with van der Waals surface area (Å²) in [7, 11) is 1.68. The second kappa shape index (κ2) is 4.22. The summed E-state index contributed by atoms with van der Waals surface area (Å²) in [4.78, 5) is 0. The zero-order valence-corrected chi connectivity index (χ0v) is 10.4. The quantitative estimate of drug-likeness (QED) is 0.659. The van der Waals surface area contributed by atoms with E-state index in [1.165, 1.54) is 11.1 Å². The Labute approximate surface area is 106 Å². The number of methoxy groups -OCH3 is 1. The van der Waals surface area contributed by atoms with Gasteiger partial charge >= 0.3 is 0 Å². The Balaban J connectivity index is 2.18. The normalized spacial score (nSPS) is 10.8. The van der Waals surface area contributed by atoms with Gasteiger partial charge in [-0.25, -0.2) is 0 Å². The molecule has 3 rings (SSSR count). The molecule has 0 unspecified atom stereocenters. The molecule has 0 fully saturated rings. The van der Waals surface area contributed by atoms with E-state index in [9.17, 15) is 0 Å². The van der Waals surface area contributed by atoms with Crippen LogP contribution in [-0.4, -0.2) is 7.11 Å². The molecule has 0 aliphatic heterocycles. The maximum absolute atomic E-state index is 5.53. The van der Waals surface area contributed by atoms with Crippen LogP contribution in [0.15, 0.2) is 53.1 Å². The van der Waals surface area contributed by atoms with Gasteiger partial charge in [-0.1, -0.05) is 24.3 Å². The van der Waals surface area contributed by atoms with E-state index in [1.54, 1.807) is 13.4 Å². The molecule has 1 aromatic heterocycles. The number of benzene rings is 2. The number of hydrogen-bond acceptors (Lipinski definition) is 2. The van der Waals surface area contributed by atoms with E-state index in [2.05, 4.69) is 31.2 Å². The number of rotatable bonds is 2.